The number of nitrogens with one attached hydrogen (secondary N) is 3. The van der Waals surface area contributed by atoms with Gasteiger partial charge in [0.15, 0.2) is 0 Å². The van der Waals surface area contributed by atoms with Gasteiger partial charge in [0.1, 0.15) is 17.4 Å². The fourth-order valence-electron chi connectivity index (χ4n) is 2.81. The van der Waals surface area contributed by atoms with Crippen molar-refractivity contribution in [3.05, 3.63) is 64.7 Å². The summed E-state index contributed by atoms with van der Waals surface area (Å²) in [6, 6.07) is 8.94. The van der Waals surface area contributed by atoms with E-state index in [1.807, 2.05) is 12.1 Å². The number of carbonyl (C=O) groups excluding carboxylic acids is 1. The lowest BCUT2D eigenvalue weighted by molar-refractivity contribution is 0.0947. The molecule has 0 aromatic heterocycles. The highest BCUT2D eigenvalue weighted by atomic mass is 19.1. The molecule has 1 aliphatic rings. The first-order valence-corrected chi connectivity index (χ1v) is 7.95. The molecule has 7 heteroatoms. The zero-order valence-electron chi connectivity index (χ0n) is 13.7. The van der Waals surface area contributed by atoms with E-state index in [2.05, 4.69) is 16.2 Å². The maximum atomic E-state index is 13.6. The predicted molar refractivity (Wildman–Crippen MR) is 89.3 cm³/mol. The molecule has 132 valence electrons. The third-order valence-electron chi connectivity index (χ3n) is 4.25. The summed E-state index contributed by atoms with van der Waals surface area (Å²) in [6.45, 7) is 1.35. The van der Waals surface area contributed by atoms with Crippen molar-refractivity contribution >= 4 is 5.91 Å². The number of hydrogen-bond donors (Lipinski definition) is 3. The van der Waals surface area contributed by atoms with Crippen LogP contribution in [0.2, 0.25) is 0 Å². The van der Waals surface area contributed by atoms with Crippen molar-refractivity contribution in [2.24, 2.45) is 0 Å². The van der Waals surface area contributed by atoms with Crippen molar-refractivity contribution in [3.8, 4) is 5.75 Å². The molecule has 0 spiro atoms. The molecule has 0 saturated carbocycles. The van der Waals surface area contributed by atoms with Gasteiger partial charge in [-0.1, -0.05) is 12.1 Å². The summed E-state index contributed by atoms with van der Waals surface area (Å²) < 4.78 is 32.6. The Morgan fingerprint density at radius 3 is 2.52 bits per heavy atom. The molecule has 0 atom stereocenters. The molecule has 1 fully saturated rings. The van der Waals surface area contributed by atoms with Gasteiger partial charge in [0, 0.05) is 31.1 Å². The van der Waals surface area contributed by atoms with Gasteiger partial charge >= 0.3 is 0 Å². The lowest BCUT2D eigenvalue weighted by Gasteiger charge is -2.14. The highest BCUT2D eigenvalue weighted by Gasteiger charge is 2.20. The van der Waals surface area contributed by atoms with Gasteiger partial charge in [-0.05, 0) is 29.8 Å². The summed E-state index contributed by atoms with van der Waals surface area (Å²) in [5.41, 5.74) is 7.30. The molecule has 0 unspecified atom stereocenters. The summed E-state index contributed by atoms with van der Waals surface area (Å²) in [7, 11) is 1.48. The molecule has 0 aliphatic carbocycles. The molecule has 3 N–H and O–H groups in total. The van der Waals surface area contributed by atoms with Crippen LogP contribution in [0.25, 0.3) is 0 Å². The molecule has 1 aliphatic heterocycles. The fourth-order valence-corrected chi connectivity index (χ4v) is 2.81. The largest absolute Gasteiger partial charge is 0.496 e. The van der Waals surface area contributed by atoms with E-state index in [4.69, 9.17) is 4.74 Å². The first-order valence-electron chi connectivity index (χ1n) is 7.95. The number of ether oxygens (including phenoxy) is 1. The smallest absolute Gasteiger partial charge is 0.255 e. The van der Waals surface area contributed by atoms with Gasteiger partial charge in [0.2, 0.25) is 0 Å². The van der Waals surface area contributed by atoms with Gasteiger partial charge in [0.05, 0.1) is 12.7 Å². The van der Waals surface area contributed by atoms with Crippen LogP contribution in [0.4, 0.5) is 8.78 Å². The van der Waals surface area contributed by atoms with E-state index in [1.165, 1.54) is 13.2 Å². The number of methoxy groups -OCH3 is 1. The number of halogens is 2. The monoisotopic (exact) mass is 347 g/mol. The molecule has 1 heterocycles. The molecule has 1 amide bonds. The summed E-state index contributed by atoms with van der Waals surface area (Å²) in [4.78, 5) is 12.4. The van der Waals surface area contributed by atoms with Crippen molar-refractivity contribution < 1.29 is 18.3 Å². The second kappa shape index (κ2) is 7.58. The standard InChI is InChI=1S/C18H19F2N3O2/c1-25-17-7-11(12-8-22-23-9-12)5-6-13(17)18(24)21-10-14-15(19)3-2-4-16(14)20/h2-7,12,22-23H,8-10H2,1H3,(H,21,24). The number of carbonyl (C=O) groups is 1. The van der Waals surface area contributed by atoms with E-state index in [0.717, 1.165) is 30.8 Å². The van der Waals surface area contributed by atoms with Crippen molar-refractivity contribution in [2.45, 2.75) is 12.5 Å². The highest BCUT2D eigenvalue weighted by Crippen LogP contribution is 2.26. The minimum absolute atomic E-state index is 0.172. The highest BCUT2D eigenvalue weighted by molar-refractivity contribution is 5.97. The predicted octanol–water partition coefficient (Wildman–Crippen LogP) is 2.09. The Morgan fingerprint density at radius 2 is 1.88 bits per heavy atom. The van der Waals surface area contributed by atoms with Crippen LogP contribution in [-0.2, 0) is 6.54 Å². The second-order valence-electron chi connectivity index (χ2n) is 5.80. The molecule has 0 radical (unpaired) electrons. The molecular weight excluding hydrogens is 328 g/mol. The Labute approximate surface area is 144 Å². The average molecular weight is 347 g/mol. The Hall–Kier alpha value is -2.51. The molecule has 25 heavy (non-hydrogen) atoms. The second-order valence-corrected chi connectivity index (χ2v) is 5.80. The normalized spacial score (nSPS) is 14.5. The summed E-state index contributed by atoms with van der Waals surface area (Å²) in [5, 5.41) is 2.54. The fraction of sp³-hybridized carbons (Fsp3) is 0.278. The van der Waals surface area contributed by atoms with Crippen molar-refractivity contribution in [3.63, 3.8) is 0 Å². The van der Waals surface area contributed by atoms with Crippen molar-refractivity contribution in [1.82, 2.24) is 16.2 Å². The Kier molecular flexibility index (Phi) is 5.25. The summed E-state index contributed by atoms with van der Waals surface area (Å²) in [6.07, 6.45) is 0. The summed E-state index contributed by atoms with van der Waals surface area (Å²) >= 11 is 0. The zero-order chi connectivity index (χ0) is 17.8. The van der Waals surface area contributed by atoms with E-state index >= 15 is 0 Å². The molecule has 0 bridgehead atoms. The topological polar surface area (TPSA) is 62.4 Å². The first kappa shape index (κ1) is 17.3. The van der Waals surface area contributed by atoms with E-state index in [1.54, 1.807) is 6.07 Å². The Morgan fingerprint density at radius 1 is 1.20 bits per heavy atom. The Bertz CT molecular complexity index is 757. The van der Waals surface area contributed by atoms with Crippen LogP contribution in [0, 0.1) is 11.6 Å². The van der Waals surface area contributed by atoms with Gasteiger partial charge < -0.3 is 10.1 Å². The minimum atomic E-state index is -0.691. The van der Waals surface area contributed by atoms with Crippen LogP contribution in [0.5, 0.6) is 5.75 Å². The molecule has 2 aromatic carbocycles. The van der Waals surface area contributed by atoms with Crippen LogP contribution < -0.4 is 20.9 Å². The van der Waals surface area contributed by atoms with Crippen molar-refractivity contribution in [2.75, 3.05) is 20.2 Å². The Balaban J connectivity index is 1.75. The molecule has 2 aromatic rings. The molecule has 1 saturated heterocycles. The average Bonchev–Trinajstić information content (AvgIpc) is 3.15. The maximum absolute atomic E-state index is 13.6. The molecular formula is C18H19F2N3O2. The van der Waals surface area contributed by atoms with E-state index in [-0.39, 0.29) is 12.1 Å². The summed E-state index contributed by atoms with van der Waals surface area (Å²) in [5.74, 6) is -1.11. The molecule has 5 nitrogen and oxygen atoms in total. The van der Waals surface area contributed by atoms with Crippen LogP contribution in [0.1, 0.15) is 27.4 Å². The van der Waals surface area contributed by atoms with Gasteiger partial charge in [-0.25, -0.2) is 8.78 Å². The third-order valence-corrected chi connectivity index (χ3v) is 4.25. The lowest BCUT2D eigenvalue weighted by Crippen LogP contribution is -2.24. The quantitative estimate of drug-likeness (QED) is 0.775. The number of hydrogen-bond acceptors (Lipinski definition) is 4. The van der Waals surface area contributed by atoms with Crippen LogP contribution in [0.15, 0.2) is 36.4 Å². The molecule has 3 rings (SSSR count). The minimum Gasteiger partial charge on any atom is -0.496 e. The lowest BCUT2D eigenvalue weighted by atomic mass is 9.98. The number of amides is 1. The zero-order valence-corrected chi connectivity index (χ0v) is 13.7. The third kappa shape index (κ3) is 3.78. The van der Waals surface area contributed by atoms with Crippen LogP contribution in [0.3, 0.4) is 0 Å². The van der Waals surface area contributed by atoms with Crippen LogP contribution in [-0.4, -0.2) is 26.1 Å². The maximum Gasteiger partial charge on any atom is 0.255 e. The number of benzene rings is 2. The van der Waals surface area contributed by atoms with Crippen molar-refractivity contribution in [1.29, 1.82) is 0 Å². The first-order chi connectivity index (χ1) is 12.1. The van der Waals surface area contributed by atoms with Crippen LogP contribution >= 0.6 is 0 Å². The van der Waals surface area contributed by atoms with Gasteiger partial charge in [0.25, 0.3) is 5.91 Å². The SMILES string of the molecule is COc1cc(C2CNNC2)ccc1C(=O)NCc1c(F)cccc1F. The number of hydrazine groups is 1. The van der Waals surface area contributed by atoms with Gasteiger partial charge in [-0.15, -0.1) is 0 Å². The van der Waals surface area contributed by atoms with Gasteiger partial charge in [-0.2, -0.15) is 0 Å². The van der Waals surface area contributed by atoms with E-state index in [9.17, 15) is 13.6 Å². The van der Waals surface area contributed by atoms with E-state index < -0.39 is 17.5 Å². The number of rotatable bonds is 5. The van der Waals surface area contributed by atoms with Gasteiger partial charge in [-0.3, -0.25) is 15.6 Å². The van der Waals surface area contributed by atoms with E-state index in [0.29, 0.717) is 17.2 Å².